The molecule has 3 rings (SSSR count). The molecule has 1 aromatic heterocycles. The van der Waals surface area contributed by atoms with Crippen LogP contribution in [0.15, 0.2) is 35.0 Å². The van der Waals surface area contributed by atoms with Crippen molar-refractivity contribution in [3.05, 3.63) is 46.2 Å². The van der Waals surface area contributed by atoms with Crippen LogP contribution in [0.4, 0.5) is 0 Å². The van der Waals surface area contributed by atoms with E-state index in [2.05, 4.69) is 16.3 Å². The number of likely N-dealkylation sites (tertiary alicyclic amines) is 1. The Labute approximate surface area is 164 Å². The van der Waals surface area contributed by atoms with Crippen molar-refractivity contribution in [2.45, 2.75) is 45.2 Å². The number of benzene rings is 1. The normalized spacial score (nSPS) is 18.8. The number of nitrogens with zero attached hydrogens (tertiary/aromatic N) is 1. The molecule has 0 amide bonds. The van der Waals surface area contributed by atoms with Gasteiger partial charge in [0.25, 0.3) is 0 Å². The van der Waals surface area contributed by atoms with Gasteiger partial charge >= 0.3 is 5.97 Å². The fraction of sp³-hybridized carbons (Fsp3) is 0.476. The molecule has 2 unspecified atom stereocenters. The average Bonchev–Trinajstić information content (AvgIpc) is 3.19. The molecule has 2 heterocycles. The second kappa shape index (κ2) is 9.24. The molecule has 6 heteroatoms. The molecule has 146 valence electrons. The lowest BCUT2D eigenvalue weighted by Crippen LogP contribution is -2.46. The Hall–Kier alpha value is -2.05. The Bertz CT molecular complexity index is 747. The molecular formula is C21H27NO4S. The molecule has 1 aromatic carbocycles. The number of hydrogen-bond acceptors (Lipinski definition) is 5. The Morgan fingerprint density at radius 3 is 2.63 bits per heavy atom. The summed E-state index contributed by atoms with van der Waals surface area (Å²) in [5.74, 6) is 0.687. The fourth-order valence-corrected chi connectivity index (χ4v) is 4.45. The Kier molecular flexibility index (Phi) is 6.74. The number of carboxylic acid groups (broad SMARTS) is 1. The molecule has 27 heavy (non-hydrogen) atoms. The number of rotatable bonds is 8. The number of carbonyl (C=O) groups is 1. The minimum atomic E-state index is -0.745. The van der Waals surface area contributed by atoms with Gasteiger partial charge in [0.15, 0.2) is 11.5 Å². The van der Waals surface area contributed by atoms with Gasteiger partial charge in [0.2, 0.25) is 0 Å². The van der Waals surface area contributed by atoms with E-state index in [9.17, 15) is 9.90 Å². The molecule has 2 aromatic rings. The van der Waals surface area contributed by atoms with Crippen LogP contribution in [0.25, 0.3) is 0 Å². The average molecular weight is 390 g/mol. The van der Waals surface area contributed by atoms with Crippen LogP contribution in [0, 0.1) is 0 Å². The summed E-state index contributed by atoms with van der Waals surface area (Å²) in [5.41, 5.74) is 2.16. The van der Waals surface area contributed by atoms with E-state index in [1.54, 1.807) is 11.3 Å². The minimum Gasteiger partial charge on any atom is -0.490 e. The SMILES string of the molecule is CCOc1ccc(C(c2ccsc2)N2CCCCC2C(=O)O)cc1OCC. The van der Waals surface area contributed by atoms with E-state index >= 15 is 0 Å². The van der Waals surface area contributed by atoms with Crippen LogP contribution in [0.1, 0.15) is 50.3 Å². The maximum Gasteiger partial charge on any atom is 0.320 e. The van der Waals surface area contributed by atoms with E-state index < -0.39 is 12.0 Å². The second-order valence-corrected chi connectivity index (χ2v) is 7.40. The first-order chi connectivity index (χ1) is 13.2. The van der Waals surface area contributed by atoms with Gasteiger partial charge in [-0.25, -0.2) is 0 Å². The molecule has 5 nitrogen and oxygen atoms in total. The summed E-state index contributed by atoms with van der Waals surface area (Å²) in [7, 11) is 0. The van der Waals surface area contributed by atoms with Gasteiger partial charge in [-0.15, -0.1) is 0 Å². The summed E-state index contributed by atoms with van der Waals surface area (Å²) in [6.07, 6.45) is 2.66. The fourth-order valence-electron chi connectivity index (χ4n) is 3.77. The summed E-state index contributed by atoms with van der Waals surface area (Å²) in [4.78, 5) is 14.0. The van der Waals surface area contributed by atoms with Gasteiger partial charge in [-0.2, -0.15) is 11.3 Å². The monoisotopic (exact) mass is 389 g/mol. The van der Waals surface area contributed by atoms with Crippen molar-refractivity contribution in [2.75, 3.05) is 19.8 Å². The van der Waals surface area contributed by atoms with Crippen molar-refractivity contribution in [1.29, 1.82) is 0 Å². The molecule has 1 saturated heterocycles. The second-order valence-electron chi connectivity index (χ2n) is 6.62. The highest BCUT2D eigenvalue weighted by Crippen LogP contribution is 2.39. The molecule has 1 N–H and O–H groups in total. The van der Waals surface area contributed by atoms with Crippen LogP contribution < -0.4 is 9.47 Å². The van der Waals surface area contributed by atoms with E-state index in [1.807, 2.05) is 37.4 Å². The molecular weight excluding hydrogens is 362 g/mol. The number of ether oxygens (including phenoxy) is 2. The first kappa shape index (κ1) is 19.7. The van der Waals surface area contributed by atoms with Gasteiger partial charge in [-0.05, 0) is 73.3 Å². The van der Waals surface area contributed by atoms with Crippen molar-refractivity contribution in [1.82, 2.24) is 4.90 Å². The van der Waals surface area contributed by atoms with Gasteiger partial charge in [-0.1, -0.05) is 12.5 Å². The highest BCUT2D eigenvalue weighted by molar-refractivity contribution is 7.08. The number of carboxylic acids is 1. The smallest absolute Gasteiger partial charge is 0.320 e. The maximum atomic E-state index is 11.9. The number of piperidine rings is 1. The van der Waals surface area contributed by atoms with Gasteiger partial charge < -0.3 is 14.6 Å². The molecule has 0 saturated carbocycles. The quantitative estimate of drug-likeness (QED) is 0.716. The first-order valence-corrected chi connectivity index (χ1v) is 10.5. The lowest BCUT2D eigenvalue weighted by Gasteiger charge is -2.39. The third-order valence-electron chi connectivity index (χ3n) is 4.90. The first-order valence-electron chi connectivity index (χ1n) is 9.55. The van der Waals surface area contributed by atoms with Gasteiger partial charge in [0.05, 0.1) is 19.3 Å². The topological polar surface area (TPSA) is 59.0 Å². The van der Waals surface area contributed by atoms with Crippen LogP contribution in [-0.2, 0) is 4.79 Å². The Morgan fingerprint density at radius 2 is 1.96 bits per heavy atom. The van der Waals surface area contributed by atoms with Crippen LogP contribution in [0.2, 0.25) is 0 Å². The number of thiophene rings is 1. The van der Waals surface area contributed by atoms with Crippen molar-refractivity contribution in [3.8, 4) is 11.5 Å². The molecule has 2 atom stereocenters. The lowest BCUT2D eigenvalue weighted by molar-refractivity contribution is -0.145. The number of hydrogen-bond donors (Lipinski definition) is 1. The van der Waals surface area contributed by atoms with Crippen LogP contribution in [0.3, 0.4) is 0 Å². The summed E-state index contributed by atoms with van der Waals surface area (Å²) in [6, 6.07) is 7.48. The molecule has 0 aliphatic carbocycles. The molecule has 1 fully saturated rings. The predicted molar refractivity (Wildman–Crippen MR) is 107 cm³/mol. The Morgan fingerprint density at radius 1 is 1.19 bits per heavy atom. The van der Waals surface area contributed by atoms with Crippen LogP contribution in [0.5, 0.6) is 11.5 Å². The molecule has 0 spiro atoms. The zero-order chi connectivity index (χ0) is 19.2. The zero-order valence-corrected chi connectivity index (χ0v) is 16.7. The highest BCUT2D eigenvalue weighted by atomic mass is 32.1. The maximum absolute atomic E-state index is 11.9. The summed E-state index contributed by atoms with van der Waals surface area (Å²) in [6.45, 7) is 5.79. The van der Waals surface area contributed by atoms with Gasteiger partial charge in [0, 0.05) is 0 Å². The van der Waals surface area contributed by atoms with Crippen molar-refractivity contribution in [2.24, 2.45) is 0 Å². The predicted octanol–water partition coefficient (Wildman–Crippen LogP) is 4.57. The standard InChI is InChI=1S/C21H27NO4S/c1-3-25-18-9-8-15(13-19(18)26-4-2)20(16-10-12-27-14-16)22-11-6-5-7-17(22)21(23)24/h8-10,12-14,17,20H,3-7,11H2,1-2H3,(H,23,24). The van der Waals surface area contributed by atoms with Crippen LogP contribution in [-0.4, -0.2) is 41.8 Å². The van der Waals surface area contributed by atoms with E-state index in [1.165, 1.54) is 0 Å². The largest absolute Gasteiger partial charge is 0.490 e. The summed E-state index contributed by atoms with van der Waals surface area (Å²) < 4.78 is 11.5. The lowest BCUT2D eigenvalue weighted by atomic mass is 9.93. The van der Waals surface area contributed by atoms with E-state index in [0.29, 0.717) is 25.4 Å². The van der Waals surface area contributed by atoms with Gasteiger partial charge in [-0.3, -0.25) is 9.69 Å². The number of aliphatic carboxylic acids is 1. The summed E-state index contributed by atoms with van der Waals surface area (Å²) in [5, 5.41) is 13.9. The van der Waals surface area contributed by atoms with Gasteiger partial charge in [0.1, 0.15) is 6.04 Å². The Balaban J connectivity index is 2.03. The van der Waals surface area contributed by atoms with Crippen molar-refractivity contribution in [3.63, 3.8) is 0 Å². The molecule has 1 aliphatic rings. The van der Waals surface area contributed by atoms with Crippen molar-refractivity contribution < 1.29 is 19.4 Å². The van der Waals surface area contributed by atoms with Crippen molar-refractivity contribution >= 4 is 17.3 Å². The van der Waals surface area contributed by atoms with E-state index in [-0.39, 0.29) is 6.04 Å². The van der Waals surface area contributed by atoms with Crippen LogP contribution >= 0.6 is 11.3 Å². The zero-order valence-electron chi connectivity index (χ0n) is 15.9. The van der Waals surface area contributed by atoms with E-state index in [4.69, 9.17) is 9.47 Å². The molecule has 0 bridgehead atoms. The third kappa shape index (κ3) is 4.45. The minimum absolute atomic E-state index is 0.104. The molecule has 0 radical (unpaired) electrons. The molecule has 1 aliphatic heterocycles. The highest BCUT2D eigenvalue weighted by Gasteiger charge is 2.35. The third-order valence-corrected chi connectivity index (χ3v) is 5.60. The summed E-state index contributed by atoms with van der Waals surface area (Å²) >= 11 is 1.63. The van der Waals surface area contributed by atoms with E-state index in [0.717, 1.165) is 36.3 Å².